The van der Waals surface area contributed by atoms with E-state index in [0.717, 1.165) is 30.8 Å². The number of aromatic nitrogens is 1. The van der Waals surface area contributed by atoms with Crippen LogP contribution in [0.1, 0.15) is 32.6 Å². The van der Waals surface area contributed by atoms with Crippen LogP contribution in [0.15, 0.2) is 18.5 Å². The number of rotatable bonds is 6. The van der Waals surface area contributed by atoms with Gasteiger partial charge in [0.1, 0.15) is 0 Å². The Morgan fingerprint density at radius 3 is 2.94 bits per heavy atom. The van der Waals surface area contributed by atoms with Crippen molar-refractivity contribution in [3.05, 3.63) is 18.5 Å². The van der Waals surface area contributed by atoms with Gasteiger partial charge in [-0.05, 0) is 31.7 Å². The number of hydrogen-bond donors (Lipinski definition) is 2. The monoisotopic (exact) mass is 249 g/mol. The van der Waals surface area contributed by atoms with Gasteiger partial charge < -0.3 is 15.4 Å². The minimum atomic E-state index is 0.331. The molecule has 0 saturated heterocycles. The lowest BCUT2D eigenvalue weighted by atomic mass is 10.2. The summed E-state index contributed by atoms with van der Waals surface area (Å²) in [5, 5.41) is 6.88. The Morgan fingerprint density at radius 1 is 1.33 bits per heavy atom. The van der Waals surface area contributed by atoms with E-state index in [-0.39, 0.29) is 0 Å². The molecule has 2 rings (SSSR count). The van der Waals surface area contributed by atoms with Crippen LogP contribution in [0.5, 0.6) is 0 Å². The molecule has 100 valence electrons. The maximum absolute atomic E-state index is 5.49. The van der Waals surface area contributed by atoms with E-state index in [9.17, 15) is 0 Å². The molecule has 2 atom stereocenters. The summed E-state index contributed by atoms with van der Waals surface area (Å²) in [5.41, 5.74) is 2.15. The summed E-state index contributed by atoms with van der Waals surface area (Å²) in [7, 11) is 1.79. The van der Waals surface area contributed by atoms with E-state index in [4.69, 9.17) is 4.74 Å². The predicted molar refractivity (Wildman–Crippen MR) is 75.1 cm³/mol. The molecule has 0 radical (unpaired) electrons. The summed E-state index contributed by atoms with van der Waals surface area (Å²) in [5.74, 6) is 0. The van der Waals surface area contributed by atoms with Crippen LogP contribution in [0.25, 0.3) is 0 Å². The summed E-state index contributed by atoms with van der Waals surface area (Å²) < 4.78 is 5.49. The Morgan fingerprint density at radius 2 is 2.17 bits per heavy atom. The molecule has 0 aliphatic heterocycles. The Bertz CT molecular complexity index is 370. The van der Waals surface area contributed by atoms with Crippen molar-refractivity contribution in [3.8, 4) is 0 Å². The van der Waals surface area contributed by atoms with Gasteiger partial charge in [0, 0.05) is 13.7 Å². The van der Waals surface area contributed by atoms with E-state index in [0.29, 0.717) is 12.1 Å². The highest BCUT2D eigenvalue weighted by molar-refractivity contribution is 5.54. The molecule has 4 nitrogen and oxygen atoms in total. The lowest BCUT2D eigenvalue weighted by Gasteiger charge is -2.21. The molecule has 0 amide bonds. The van der Waals surface area contributed by atoms with Gasteiger partial charge in [0.25, 0.3) is 0 Å². The average molecular weight is 249 g/mol. The molecular weight excluding hydrogens is 226 g/mol. The summed E-state index contributed by atoms with van der Waals surface area (Å²) in [6.07, 6.45) is 8.74. The van der Waals surface area contributed by atoms with Gasteiger partial charge >= 0.3 is 0 Å². The summed E-state index contributed by atoms with van der Waals surface area (Å²) in [6.45, 7) is 3.14. The van der Waals surface area contributed by atoms with Gasteiger partial charge in [-0.15, -0.1) is 0 Å². The van der Waals surface area contributed by atoms with E-state index < -0.39 is 0 Å². The quantitative estimate of drug-likeness (QED) is 0.814. The smallest absolute Gasteiger partial charge is 0.0772 e. The zero-order chi connectivity index (χ0) is 12.8. The summed E-state index contributed by atoms with van der Waals surface area (Å²) in [6, 6.07) is 2.53. The standard InChI is InChI=1S/C14H23N3O/c1-3-7-16-11-8-12(10-15-9-11)17-13-5-4-6-14(13)18-2/h8-10,13-14,16-17H,3-7H2,1-2H3. The largest absolute Gasteiger partial charge is 0.384 e. The van der Waals surface area contributed by atoms with Crippen LogP contribution >= 0.6 is 0 Å². The fourth-order valence-corrected chi connectivity index (χ4v) is 2.47. The van der Waals surface area contributed by atoms with Gasteiger partial charge in [0.2, 0.25) is 0 Å². The highest BCUT2D eigenvalue weighted by Gasteiger charge is 2.26. The SMILES string of the molecule is CCCNc1cncc(NC2CCCC2OC)c1. The van der Waals surface area contributed by atoms with E-state index in [1.54, 1.807) is 7.11 Å². The fourth-order valence-electron chi connectivity index (χ4n) is 2.47. The molecule has 0 spiro atoms. The topological polar surface area (TPSA) is 46.2 Å². The molecule has 2 unspecified atom stereocenters. The Balaban J connectivity index is 1.96. The molecule has 1 aliphatic rings. The molecule has 1 aromatic heterocycles. The number of anilines is 2. The van der Waals surface area contributed by atoms with Crippen molar-refractivity contribution >= 4 is 11.4 Å². The highest BCUT2D eigenvalue weighted by Crippen LogP contribution is 2.25. The molecule has 4 heteroatoms. The zero-order valence-corrected chi connectivity index (χ0v) is 11.3. The van der Waals surface area contributed by atoms with Gasteiger partial charge in [0.05, 0.1) is 35.9 Å². The second-order valence-electron chi connectivity index (χ2n) is 4.84. The number of nitrogens with one attached hydrogen (secondary N) is 2. The van der Waals surface area contributed by atoms with Gasteiger partial charge in [-0.25, -0.2) is 0 Å². The minimum Gasteiger partial charge on any atom is -0.384 e. The van der Waals surface area contributed by atoms with Crippen molar-refractivity contribution in [2.45, 2.75) is 44.8 Å². The fraction of sp³-hybridized carbons (Fsp3) is 0.643. The first-order chi connectivity index (χ1) is 8.83. The second-order valence-corrected chi connectivity index (χ2v) is 4.84. The number of ether oxygens (including phenoxy) is 1. The maximum atomic E-state index is 5.49. The molecule has 1 aromatic rings. The molecule has 2 N–H and O–H groups in total. The van der Waals surface area contributed by atoms with Crippen molar-refractivity contribution in [2.75, 3.05) is 24.3 Å². The molecule has 1 heterocycles. The third kappa shape index (κ3) is 3.35. The molecule has 1 aliphatic carbocycles. The number of methoxy groups -OCH3 is 1. The van der Waals surface area contributed by atoms with Gasteiger partial charge in [-0.1, -0.05) is 6.92 Å². The first-order valence-corrected chi connectivity index (χ1v) is 6.81. The summed E-state index contributed by atoms with van der Waals surface area (Å²) >= 11 is 0. The Hall–Kier alpha value is -1.29. The van der Waals surface area contributed by atoms with Crippen LogP contribution in [-0.2, 0) is 4.74 Å². The van der Waals surface area contributed by atoms with Crippen LogP contribution in [-0.4, -0.2) is 30.8 Å². The van der Waals surface area contributed by atoms with Crippen LogP contribution in [0.2, 0.25) is 0 Å². The molecule has 18 heavy (non-hydrogen) atoms. The van der Waals surface area contributed by atoms with Gasteiger partial charge in [-0.3, -0.25) is 4.98 Å². The summed E-state index contributed by atoms with van der Waals surface area (Å²) in [4.78, 5) is 4.26. The molecule has 0 aromatic carbocycles. The van der Waals surface area contributed by atoms with Crippen LogP contribution in [0, 0.1) is 0 Å². The van der Waals surface area contributed by atoms with E-state index in [2.05, 4.69) is 28.6 Å². The van der Waals surface area contributed by atoms with Crippen molar-refractivity contribution < 1.29 is 4.74 Å². The van der Waals surface area contributed by atoms with Crippen molar-refractivity contribution in [1.82, 2.24) is 4.98 Å². The second kappa shape index (κ2) is 6.59. The van der Waals surface area contributed by atoms with E-state index in [1.807, 2.05) is 12.4 Å². The van der Waals surface area contributed by atoms with Crippen LogP contribution in [0.4, 0.5) is 11.4 Å². The third-order valence-electron chi connectivity index (χ3n) is 3.42. The third-order valence-corrected chi connectivity index (χ3v) is 3.42. The lowest BCUT2D eigenvalue weighted by Crippen LogP contribution is -2.29. The lowest BCUT2D eigenvalue weighted by molar-refractivity contribution is 0.101. The van der Waals surface area contributed by atoms with Crippen molar-refractivity contribution in [1.29, 1.82) is 0 Å². The van der Waals surface area contributed by atoms with E-state index >= 15 is 0 Å². The predicted octanol–water partition coefficient (Wildman–Crippen LogP) is 2.88. The van der Waals surface area contributed by atoms with Gasteiger partial charge in [-0.2, -0.15) is 0 Å². The Labute approximate surface area is 109 Å². The maximum Gasteiger partial charge on any atom is 0.0772 e. The molecule has 0 bridgehead atoms. The van der Waals surface area contributed by atoms with E-state index in [1.165, 1.54) is 12.8 Å². The van der Waals surface area contributed by atoms with Crippen LogP contribution in [0.3, 0.4) is 0 Å². The van der Waals surface area contributed by atoms with Gasteiger partial charge in [0.15, 0.2) is 0 Å². The Kier molecular flexibility index (Phi) is 4.81. The van der Waals surface area contributed by atoms with Crippen LogP contribution < -0.4 is 10.6 Å². The number of pyridine rings is 1. The minimum absolute atomic E-state index is 0.331. The first-order valence-electron chi connectivity index (χ1n) is 6.81. The number of nitrogens with zero attached hydrogens (tertiary/aromatic N) is 1. The normalized spacial score (nSPS) is 23.0. The van der Waals surface area contributed by atoms with Crippen molar-refractivity contribution in [2.24, 2.45) is 0 Å². The molecule has 1 fully saturated rings. The highest BCUT2D eigenvalue weighted by atomic mass is 16.5. The van der Waals surface area contributed by atoms with Crippen molar-refractivity contribution in [3.63, 3.8) is 0 Å². The molecule has 1 saturated carbocycles. The number of hydrogen-bond acceptors (Lipinski definition) is 4. The average Bonchev–Trinajstić information content (AvgIpc) is 2.84. The first kappa shape index (κ1) is 13.1. The zero-order valence-electron chi connectivity index (χ0n) is 11.3. The molecular formula is C14H23N3O.